The van der Waals surface area contributed by atoms with Crippen LogP contribution < -0.4 is 41.7 Å². The molecule has 0 N–H and O–H groups in total. The molecule has 0 spiro atoms. The Morgan fingerprint density at radius 3 is 1.42 bits per heavy atom. The van der Waals surface area contributed by atoms with Crippen LogP contribution in [0.3, 0.4) is 0 Å². The van der Waals surface area contributed by atoms with Gasteiger partial charge in [0.05, 0.1) is 0 Å². The second-order valence-electron chi connectivity index (χ2n) is 14.4. The molecule has 2 nitrogen and oxygen atoms in total. The van der Waals surface area contributed by atoms with Gasteiger partial charge in [-0.15, -0.1) is 0 Å². The number of anilines is 6. The van der Waals surface area contributed by atoms with Crippen LogP contribution >= 0.6 is 0 Å². The molecule has 0 saturated carbocycles. The largest absolute Gasteiger partial charge is 0.311 e. The van der Waals surface area contributed by atoms with Crippen LogP contribution in [0.5, 0.6) is 0 Å². The van der Waals surface area contributed by atoms with Crippen molar-refractivity contribution in [1.29, 1.82) is 0 Å². The SMILES string of the molecule is Cc1cc2c3c(c1)N(c1ccc4ccccc4c1)c1cccc4c1B3c1c(cccc1[Si]4(C)c1ccccc1)N2c1ccc2ccccc2c1. The Labute approximate surface area is 294 Å². The van der Waals surface area contributed by atoms with Crippen LogP contribution in [0.4, 0.5) is 34.1 Å². The van der Waals surface area contributed by atoms with Gasteiger partial charge >= 0.3 is 0 Å². The van der Waals surface area contributed by atoms with Gasteiger partial charge in [-0.1, -0.05) is 132 Å². The van der Waals surface area contributed by atoms with E-state index in [0.29, 0.717) is 0 Å². The molecule has 3 aliphatic heterocycles. The molecule has 0 saturated heterocycles. The lowest BCUT2D eigenvalue weighted by Crippen LogP contribution is -2.83. The summed E-state index contributed by atoms with van der Waals surface area (Å²) in [5, 5.41) is 9.54. The van der Waals surface area contributed by atoms with Crippen molar-refractivity contribution < 1.29 is 0 Å². The summed E-state index contributed by atoms with van der Waals surface area (Å²) in [5.41, 5.74) is 13.2. The summed E-state index contributed by atoms with van der Waals surface area (Å²) in [4.78, 5) is 5.15. The van der Waals surface area contributed by atoms with E-state index in [1.54, 1.807) is 0 Å². The molecule has 0 amide bonds. The van der Waals surface area contributed by atoms with Crippen LogP contribution in [0.15, 0.2) is 164 Å². The van der Waals surface area contributed by atoms with Gasteiger partial charge in [-0.05, 0) is 104 Å². The quantitative estimate of drug-likeness (QED) is 0.180. The number of fused-ring (bicyclic) bond motifs is 2. The van der Waals surface area contributed by atoms with Gasteiger partial charge in [-0.3, -0.25) is 0 Å². The van der Waals surface area contributed by atoms with Crippen molar-refractivity contribution in [3.05, 3.63) is 169 Å². The first-order valence-corrected chi connectivity index (χ1v) is 20.1. The first kappa shape index (κ1) is 28.0. The smallest absolute Gasteiger partial charge is 0.251 e. The van der Waals surface area contributed by atoms with Crippen LogP contribution in [0.1, 0.15) is 5.56 Å². The van der Waals surface area contributed by atoms with E-state index in [1.165, 1.54) is 93.2 Å². The summed E-state index contributed by atoms with van der Waals surface area (Å²) in [5.74, 6) is 0. The minimum absolute atomic E-state index is 0.149. The Balaban J connectivity index is 1.29. The standard InChI is InChI=1S/C46H33BN2Si/c1-30-26-40-44-41(27-30)49(36-25-23-32-13-7-9-15-34(32)29-36)39-19-11-21-43-46(39)47(44)45-38(48(40)35-24-22-31-12-6-8-14-33(31)28-35)18-10-20-42(45)50(43,2)37-16-4-3-5-17-37/h3-29H,1-2H3. The van der Waals surface area contributed by atoms with Crippen LogP contribution in [0.25, 0.3) is 21.5 Å². The zero-order chi connectivity index (χ0) is 33.1. The normalized spacial score (nSPS) is 14.6. The van der Waals surface area contributed by atoms with Gasteiger partial charge in [-0.25, -0.2) is 0 Å². The lowest BCUT2D eigenvalue weighted by atomic mass is 9.33. The summed E-state index contributed by atoms with van der Waals surface area (Å²) in [6, 6.07) is 61.9. The van der Waals surface area contributed by atoms with Crippen LogP contribution in [-0.4, -0.2) is 14.8 Å². The van der Waals surface area contributed by atoms with Crippen molar-refractivity contribution in [3.63, 3.8) is 0 Å². The number of hydrogen-bond donors (Lipinski definition) is 0. The molecule has 8 aromatic carbocycles. The first-order chi connectivity index (χ1) is 24.6. The average molecular weight is 653 g/mol. The molecule has 0 bridgehead atoms. The lowest BCUT2D eigenvalue weighted by Gasteiger charge is -2.50. The molecule has 0 radical (unpaired) electrons. The lowest BCUT2D eigenvalue weighted by molar-refractivity contribution is 1.24. The maximum absolute atomic E-state index is 2.59. The summed E-state index contributed by atoms with van der Waals surface area (Å²) in [6.07, 6.45) is 0. The molecular formula is C46H33BN2Si. The van der Waals surface area contributed by atoms with E-state index in [4.69, 9.17) is 0 Å². The Morgan fingerprint density at radius 1 is 0.420 bits per heavy atom. The van der Waals surface area contributed by atoms with Gasteiger partial charge in [0.2, 0.25) is 0 Å². The average Bonchev–Trinajstić information content (AvgIpc) is 3.16. The van der Waals surface area contributed by atoms with E-state index < -0.39 is 8.07 Å². The molecule has 3 heterocycles. The third-order valence-corrected chi connectivity index (χ3v) is 16.2. The zero-order valence-electron chi connectivity index (χ0n) is 28.1. The highest BCUT2D eigenvalue weighted by Gasteiger charge is 2.53. The van der Waals surface area contributed by atoms with E-state index in [9.17, 15) is 0 Å². The number of nitrogens with zero attached hydrogens (tertiary/aromatic N) is 2. The minimum Gasteiger partial charge on any atom is -0.311 e. The Kier molecular flexibility index (Phi) is 5.66. The molecule has 0 aromatic heterocycles. The number of benzene rings is 8. The fourth-order valence-corrected chi connectivity index (χ4v) is 13.8. The van der Waals surface area contributed by atoms with Gasteiger partial charge in [0.15, 0.2) is 0 Å². The predicted molar refractivity (Wildman–Crippen MR) is 217 cm³/mol. The van der Waals surface area contributed by atoms with E-state index in [2.05, 4.69) is 187 Å². The summed E-state index contributed by atoms with van der Waals surface area (Å²) < 4.78 is 0. The number of hydrogen-bond acceptors (Lipinski definition) is 2. The zero-order valence-corrected chi connectivity index (χ0v) is 29.1. The first-order valence-electron chi connectivity index (χ1n) is 17.6. The van der Waals surface area contributed by atoms with Gasteiger partial charge in [-0.2, -0.15) is 0 Å². The highest BCUT2D eigenvalue weighted by atomic mass is 28.3. The second-order valence-corrected chi connectivity index (χ2v) is 18.3. The topological polar surface area (TPSA) is 6.48 Å². The molecule has 50 heavy (non-hydrogen) atoms. The molecule has 3 aliphatic rings. The molecule has 234 valence electrons. The van der Waals surface area contributed by atoms with Crippen LogP contribution in [0.2, 0.25) is 6.55 Å². The molecule has 0 unspecified atom stereocenters. The van der Waals surface area contributed by atoms with Crippen molar-refractivity contribution in [2.45, 2.75) is 13.5 Å². The molecule has 8 aromatic rings. The fourth-order valence-electron chi connectivity index (χ4n) is 9.51. The molecular weight excluding hydrogens is 619 g/mol. The number of rotatable bonds is 3. The highest BCUT2D eigenvalue weighted by molar-refractivity contribution is 7.21. The third kappa shape index (κ3) is 3.64. The molecule has 0 fully saturated rings. The Morgan fingerprint density at radius 2 is 0.900 bits per heavy atom. The van der Waals surface area contributed by atoms with Crippen molar-refractivity contribution in [2.75, 3.05) is 9.80 Å². The predicted octanol–water partition coefficient (Wildman–Crippen LogP) is 7.80. The van der Waals surface area contributed by atoms with Crippen molar-refractivity contribution in [1.82, 2.24) is 0 Å². The Bertz CT molecular complexity index is 2560. The minimum atomic E-state index is -2.45. The highest BCUT2D eigenvalue weighted by Crippen LogP contribution is 2.45. The number of aryl methyl sites for hydroxylation is 1. The summed E-state index contributed by atoms with van der Waals surface area (Å²) in [6.45, 7) is 4.99. The molecule has 0 atom stereocenters. The maximum Gasteiger partial charge on any atom is 0.251 e. The molecule has 4 heteroatoms. The van der Waals surface area contributed by atoms with Crippen LogP contribution in [-0.2, 0) is 0 Å². The summed E-state index contributed by atoms with van der Waals surface area (Å²) in [7, 11) is -2.45. The van der Waals surface area contributed by atoms with Crippen molar-refractivity contribution >= 4 is 102 Å². The van der Waals surface area contributed by atoms with Gasteiger partial charge < -0.3 is 9.80 Å². The third-order valence-electron chi connectivity index (χ3n) is 11.7. The monoisotopic (exact) mass is 652 g/mol. The van der Waals surface area contributed by atoms with Crippen molar-refractivity contribution in [2.24, 2.45) is 0 Å². The second kappa shape index (κ2) is 10.1. The molecule has 0 aliphatic carbocycles. The van der Waals surface area contributed by atoms with E-state index >= 15 is 0 Å². The van der Waals surface area contributed by atoms with Gasteiger partial charge in [0.1, 0.15) is 8.07 Å². The van der Waals surface area contributed by atoms with E-state index in [-0.39, 0.29) is 6.71 Å². The van der Waals surface area contributed by atoms with Gasteiger partial charge in [0, 0.05) is 34.1 Å². The van der Waals surface area contributed by atoms with E-state index in [1.807, 2.05) is 0 Å². The maximum atomic E-state index is 2.59. The van der Waals surface area contributed by atoms with E-state index in [0.717, 1.165) is 0 Å². The Hall–Kier alpha value is -5.84. The summed E-state index contributed by atoms with van der Waals surface area (Å²) >= 11 is 0. The van der Waals surface area contributed by atoms with Gasteiger partial charge in [0.25, 0.3) is 6.71 Å². The van der Waals surface area contributed by atoms with Crippen molar-refractivity contribution in [3.8, 4) is 0 Å². The molecule has 11 rings (SSSR count). The van der Waals surface area contributed by atoms with Crippen LogP contribution in [0, 0.1) is 6.92 Å². The fraction of sp³-hybridized carbons (Fsp3) is 0.0435.